The lowest BCUT2D eigenvalue weighted by Gasteiger charge is -2.24. The van der Waals surface area contributed by atoms with E-state index in [9.17, 15) is 19.2 Å². The fraction of sp³-hybridized carbons (Fsp3) is 0.545. The second-order valence-corrected chi connectivity index (χ2v) is 8.13. The minimum Gasteiger partial charge on any atom is -0.465 e. The third-order valence-electron chi connectivity index (χ3n) is 4.67. The standard InChI is InChI=1S/C22H29NO7S/c1-3-28-21(26)18(22(27)29-4-2)19(15-9-6-5-7-10-15)31-14-12-17(24)30-20(25)16-11-8-13-23-16/h5-7,9-10,16,18-19,23H,3-4,8,11-14H2,1-2H3/t16-,19?/m0/s1. The monoisotopic (exact) mass is 451 g/mol. The molecule has 1 aromatic carbocycles. The van der Waals surface area contributed by atoms with Gasteiger partial charge >= 0.3 is 23.9 Å². The molecule has 8 nitrogen and oxygen atoms in total. The molecule has 31 heavy (non-hydrogen) atoms. The number of ether oxygens (including phenoxy) is 3. The van der Waals surface area contributed by atoms with Crippen LogP contribution in [-0.2, 0) is 33.4 Å². The number of nitrogens with one attached hydrogen (secondary N) is 1. The van der Waals surface area contributed by atoms with Crippen LogP contribution >= 0.6 is 11.8 Å². The fourth-order valence-electron chi connectivity index (χ4n) is 3.22. The molecular formula is C22H29NO7S. The number of hydrogen-bond donors (Lipinski definition) is 1. The van der Waals surface area contributed by atoms with Crippen LogP contribution in [0.2, 0.25) is 0 Å². The van der Waals surface area contributed by atoms with E-state index in [-0.39, 0.29) is 25.4 Å². The molecule has 2 rings (SSSR count). The van der Waals surface area contributed by atoms with Crippen molar-refractivity contribution >= 4 is 35.6 Å². The molecule has 1 aromatic rings. The van der Waals surface area contributed by atoms with Crippen molar-refractivity contribution in [1.29, 1.82) is 0 Å². The lowest BCUT2D eigenvalue weighted by atomic mass is 9.98. The van der Waals surface area contributed by atoms with Gasteiger partial charge in [-0.1, -0.05) is 30.3 Å². The minimum atomic E-state index is -1.17. The van der Waals surface area contributed by atoms with Crippen molar-refractivity contribution in [2.24, 2.45) is 5.92 Å². The third-order valence-corrected chi connectivity index (χ3v) is 6.02. The van der Waals surface area contributed by atoms with Gasteiger partial charge in [0.15, 0.2) is 5.92 Å². The van der Waals surface area contributed by atoms with E-state index in [2.05, 4.69) is 5.32 Å². The van der Waals surface area contributed by atoms with E-state index in [0.29, 0.717) is 6.42 Å². The van der Waals surface area contributed by atoms with Crippen LogP contribution in [0.25, 0.3) is 0 Å². The minimum absolute atomic E-state index is 0.0369. The Kier molecular flexibility index (Phi) is 10.5. The van der Waals surface area contributed by atoms with Gasteiger partial charge in [-0.25, -0.2) is 4.79 Å². The van der Waals surface area contributed by atoms with E-state index < -0.39 is 41.1 Å². The Morgan fingerprint density at radius 3 is 2.26 bits per heavy atom. The Labute approximate surface area is 186 Å². The predicted molar refractivity (Wildman–Crippen MR) is 115 cm³/mol. The van der Waals surface area contributed by atoms with E-state index in [4.69, 9.17) is 14.2 Å². The summed E-state index contributed by atoms with van der Waals surface area (Å²) < 4.78 is 15.1. The maximum atomic E-state index is 12.6. The zero-order valence-electron chi connectivity index (χ0n) is 17.8. The molecular weight excluding hydrogens is 422 g/mol. The zero-order chi connectivity index (χ0) is 22.6. The van der Waals surface area contributed by atoms with Gasteiger partial charge in [-0.15, -0.1) is 0 Å². The smallest absolute Gasteiger partial charge is 0.330 e. The Balaban J connectivity index is 2.06. The highest BCUT2D eigenvalue weighted by atomic mass is 32.2. The van der Waals surface area contributed by atoms with Gasteiger partial charge in [0.05, 0.1) is 24.9 Å². The first kappa shape index (κ1) is 24.9. The highest BCUT2D eigenvalue weighted by Crippen LogP contribution is 2.38. The second-order valence-electron chi connectivity index (χ2n) is 6.88. The number of carbonyl (C=O) groups is 4. The van der Waals surface area contributed by atoms with Crippen LogP contribution in [0, 0.1) is 5.92 Å². The molecule has 2 atom stereocenters. The summed E-state index contributed by atoms with van der Waals surface area (Å²) in [4.78, 5) is 49.2. The van der Waals surface area contributed by atoms with Gasteiger partial charge in [-0.3, -0.25) is 14.4 Å². The fourth-order valence-corrected chi connectivity index (χ4v) is 4.53. The van der Waals surface area contributed by atoms with Gasteiger partial charge in [0.25, 0.3) is 0 Å². The number of thioether (sulfide) groups is 1. The summed E-state index contributed by atoms with van der Waals surface area (Å²) in [5.41, 5.74) is 0.734. The van der Waals surface area contributed by atoms with Crippen molar-refractivity contribution in [1.82, 2.24) is 5.32 Å². The van der Waals surface area contributed by atoms with Gasteiger partial charge in [0.1, 0.15) is 6.04 Å². The topological polar surface area (TPSA) is 108 Å². The molecule has 1 fully saturated rings. The largest absolute Gasteiger partial charge is 0.465 e. The van der Waals surface area contributed by atoms with Crippen LogP contribution in [0.5, 0.6) is 0 Å². The Morgan fingerprint density at radius 1 is 1.06 bits per heavy atom. The summed E-state index contributed by atoms with van der Waals surface area (Å²) in [6, 6.07) is 8.60. The normalized spacial score (nSPS) is 16.5. The average molecular weight is 452 g/mol. The van der Waals surface area contributed by atoms with E-state index in [1.807, 2.05) is 6.07 Å². The van der Waals surface area contributed by atoms with Crippen LogP contribution in [0.1, 0.15) is 43.9 Å². The molecule has 1 unspecified atom stereocenters. The van der Waals surface area contributed by atoms with Gasteiger partial charge in [0.2, 0.25) is 0 Å². The maximum Gasteiger partial charge on any atom is 0.330 e. The summed E-state index contributed by atoms with van der Waals surface area (Å²) in [5.74, 6) is -3.48. The number of rotatable bonds is 11. The Morgan fingerprint density at radius 2 is 1.71 bits per heavy atom. The second kappa shape index (κ2) is 13.1. The van der Waals surface area contributed by atoms with Crippen LogP contribution in [-0.4, -0.2) is 55.4 Å². The van der Waals surface area contributed by atoms with E-state index in [1.54, 1.807) is 38.1 Å². The van der Waals surface area contributed by atoms with E-state index in [0.717, 1.165) is 18.5 Å². The summed E-state index contributed by atoms with van der Waals surface area (Å²) in [7, 11) is 0. The van der Waals surface area contributed by atoms with Crippen molar-refractivity contribution in [3.05, 3.63) is 35.9 Å². The number of esters is 4. The molecule has 0 aliphatic carbocycles. The molecule has 1 N–H and O–H groups in total. The Bertz CT molecular complexity index is 731. The van der Waals surface area contributed by atoms with Crippen LogP contribution in [0.3, 0.4) is 0 Å². The van der Waals surface area contributed by atoms with Gasteiger partial charge in [-0.2, -0.15) is 11.8 Å². The highest BCUT2D eigenvalue weighted by molar-refractivity contribution is 7.99. The van der Waals surface area contributed by atoms with Crippen LogP contribution in [0.4, 0.5) is 0 Å². The quantitative estimate of drug-likeness (QED) is 0.308. The van der Waals surface area contributed by atoms with Crippen molar-refractivity contribution in [3.63, 3.8) is 0 Å². The van der Waals surface area contributed by atoms with Crippen LogP contribution in [0.15, 0.2) is 30.3 Å². The molecule has 0 saturated carbocycles. The average Bonchev–Trinajstić information content (AvgIpc) is 3.29. The molecule has 0 spiro atoms. The third kappa shape index (κ3) is 7.66. The van der Waals surface area contributed by atoms with Crippen molar-refractivity contribution in [2.75, 3.05) is 25.5 Å². The number of benzene rings is 1. The number of hydrogen-bond acceptors (Lipinski definition) is 9. The van der Waals surface area contributed by atoms with Crippen molar-refractivity contribution in [2.45, 2.75) is 44.4 Å². The van der Waals surface area contributed by atoms with Crippen LogP contribution < -0.4 is 5.32 Å². The Hall–Kier alpha value is -2.39. The summed E-state index contributed by atoms with van der Waals surface area (Å²) in [6.45, 7) is 4.31. The zero-order valence-corrected chi connectivity index (χ0v) is 18.7. The molecule has 0 radical (unpaired) electrons. The molecule has 9 heteroatoms. The molecule has 1 aliphatic heterocycles. The van der Waals surface area contributed by atoms with E-state index in [1.165, 1.54) is 11.8 Å². The SMILES string of the molecule is CCOC(=O)C(C(=O)OCC)C(SCCC(=O)OC(=O)[C@@H]1CCCN1)c1ccccc1. The van der Waals surface area contributed by atoms with Crippen molar-refractivity contribution < 1.29 is 33.4 Å². The molecule has 170 valence electrons. The first-order valence-electron chi connectivity index (χ1n) is 10.5. The van der Waals surface area contributed by atoms with E-state index >= 15 is 0 Å². The molecule has 0 aromatic heterocycles. The first-order valence-corrected chi connectivity index (χ1v) is 11.5. The summed E-state index contributed by atoms with van der Waals surface area (Å²) in [5, 5.41) is 2.37. The lowest BCUT2D eigenvalue weighted by molar-refractivity contribution is -0.162. The lowest BCUT2D eigenvalue weighted by Crippen LogP contribution is -2.34. The first-order chi connectivity index (χ1) is 15.0. The number of carbonyl (C=O) groups excluding carboxylic acids is 4. The molecule has 1 aliphatic rings. The van der Waals surface area contributed by atoms with Gasteiger partial charge < -0.3 is 19.5 Å². The summed E-state index contributed by atoms with van der Waals surface area (Å²) in [6.07, 6.45) is 1.48. The maximum absolute atomic E-state index is 12.6. The van der Waals surface area contributed by atoms with Gasteiger partial charge in [-0.05, 0) is 38.8 Å². The highest BCUT2D eigenvalue weighted by Gasteiger charge is 2.39. The van der Waals surface area contributed by atoms with Crippen molar-refractivity contribution in [3.8, 4) is 0 Å². The molecule has 1 heterocycles. The molecule has 0 amide bonds. The van der Waals surface area contributed by atoms with Gasteiger partial charge in [0, 0.05) is 5.75 Å². The summed E-state index contributed by atoms with van der Waals surface area (Å²) >= 11 is 1.25. The molecule has 1 saturated heterocycles. The predicted octanol–water partition coefficient (Wildman–Crippen LogP) is 2.42. The molecule has 0 bridgehead atoms.